The minimum atomic E-state index is -0.118. The van der Waals surface area contributed by atoms with Gasteiger partial charge in [0.25, 0.3) is 0 Å². The van der Waals surface area contributed by atoms with E-state index >= 15 is 0 Å². The first-order chi connectivity index (χ1) is 10.6. The molecule has 1 heterocycles. The summed E-state index contributed by atoms with van der Waals surface area (Å²) in [5.74, 6) is 0.956. The molecule has 3 rings (SSSR count). The van der Waals surface area contributed by atoms with Crippen molar-refractivity contribution in [3.05, 3.63) is 48.0 Å². The highest BCUT2D eigenvalue weighted by atomic mass is 16.5. The van der Waals surface area contributed by atoms with Gasteiger partial charge in [-0.05, 0) is 23.3 Å². The van der Waals surface area contributed by atoms with Gasteiger partial charge in [-0.15, -0.1) is 0 Å². The molecular weight excluding hydrogens is 272 g/mol. The molecule has 3 heteroatoms. The van der Waals surface area contributed by atoms with Crippen molar-refractivity contribution in [2.24, 2.45) is 10.4 Å². The maximum absolute atomic E-state index is 6.05. The summed E-state index contributed by atoms with van der Waals surface area (Å²) in [6.45, 7) is 8.93. The van der Waals surface area contributed by atoms with Gasteiger partial charge in [0, 0.05) is 25.1 Å². The molecule has 2 aromatic rings. The number of nitrogens with one attached hydrogen (secondary N) is 1. The number of benzene rings is 2. The Morgan fingerprint density at radius 3 is 2.68 bits per heavy atom. The van der Waals surface area contributed by atoms with Gasteiger partial charge >= 0.3 is 0 Å². The van der Waals surface area contributed by atoms with E-state index in [1.807, 2.05) is 6.92 Å². The molecule has 0 spiro atoms. The second-order valence-corrected chi connectivity index (χ2v) is 6.62. The van der Waals surface area contributed by atoms with E-state index in [9.17, 15) is 0 Å². The standard InChI is InChI=1S/C19H24N2O/c1-4-22-17(18-20-12-19(2,3)13-21-18)16-11-7-9-14-8-5-6-10-15(14)16/h5-11,17H,4,12-13H2,1-3H3,(H,20,21)/t17-/m1/s1. The highest BCUT2D eigenvalue weighted by Gasteiger charge is 2.28. The molecule has 0 amide bonds. The Kier molecular flexibility index (Phi) is 4.16. The zero-order valence-electron chi connectivity index (χ0n) is 13.6. The summed E-state index contributed by atoms with van der Waals surface area (Å²) in [5, 5.41) is 5.95. The molecule has 1 atom stereocenters. The summed E-state index contributed by atoms with van der Waals surface area (Å²) in [6, 6.07) is 14.8. The summed E-state index contributed by atoms with van der Waals surface area (Å²) in [6.07, 6.45) is -0.118. The van der Waals surface area contributed by atoms with Crippen LogP contribution in [0, 0.1) is 5.41 Å². The lowest BCUT2D eigenvalue weighted by atomic mass is 9.91. The first kappa shape index (κ1) is 15.0. The van der Waals surface area contributed by atoms with Gasteiger partial charge in [-0.3, -0.25) is 4.99 Å². The molecule has 3 nitrogen and oxygen atoms in total. The topological polar surface area (TPSA) is 33.6 Å². The van der Waals surface area contributed by atoms with E-state index in [2.05, 4.69) is 61.6 Å². The van der Waals surface area contributed by atoms with E-state index in [1.54, 1.807) is 0 Å². The molecule has 1 aliphatic rings. The maximum atomic E-state index is 6.05. The molecule has 2 aromatic carbocycles. The molecule has 0 bridgehead atoms. The third-order valence-electron chi connectivity index (χ3n) is 4.11. The van der Waals surface area contributed by atoms with E-state index in [0.717, 1.165) is 18.9 Å². The molecular formula is C19H24N2O. The molecule has 0 unspecified atom stereocenters. The number of nitrogens with zero attached hydrogens (tertiary/aromatic N) is 1. The first-order valence-corrected chi connectivity index (χ1v) is 7.98. The van der Waals surface area contributed by atoms with E-state index in [0.29, 0.717) is 6.61 Å². The third-order valence-corrected chi connectivity index (χ3v) is 4.11. The quantitative estimate of drug-likeness (QED) is 0.927. The van der Waals surface area contributed by atoms with Crippen molar-refractivity contribution >= 4 is 16.6 Å². The van der Waals surface area contributed by atoms with Crippen LogP contribution in [0.3, 0.4) is 0 Å². The molecule has 22 heavy (non-hydrogen) atoms. The maximum Gasteiger partial charge on any atom is 0.140 e. The summed E-state index contributed by atoms with van der Waals surface area (Å²) in [5.41, 5.74) is 1.39. The molecule has 0 fully saturated rings. The molecule has 1 aliphatic heterocycles. The Bertz CT molecular complexity index is 685. The molecule has 116 valence electrons. The Labute approximate surface area is 132 Å². The average Bonchev–Trinajstić information content (AvgIpc) is 2.53. The van der Waals surface area contributed by atoms with Crippen LogP contribution in [0.4, 0.5) is 0 Å². The van der Waals surface area contributed by atoms with Crippen molar-refractivity contribution in [1.82, 2.24) is 5.32 Å². The summed E-state index contributed by atoms with van der Waals surface area (Å²) >= 11 is 0. The van der Waals surface area contributed by atoms with Crippen LogP contribution in [0.15, 0.2) is 47.5 Å². The van der Waals surface area contributed by atoms with Gasteiger partial charge in [-0.25, -0.2) is 0 Å². The Hall–Kier alpha value is -1.87. The Morgan fingerprint density at radius 1 is 1.18 bits per heavy atom. The number of fused-ring (bicyclic) bond motifs is 1. The van der Waals surface area contributed by atoms with Crippen molar-refractivity contribution < 1.29 is 4.74 Å². The second-order valence-electron chi connectivity index (χ2n) is 6.62. The monoisotopic (exact) mass is 296 g/mol. The van der Waals surface area contributed by atoms with E-state index in [-0.39, 0.29) is 11.5 Å². The van der Waals surface area contributed by atoms with Gasteiger partial charge in [-0.1, -0.05) is 56.3 Å². The van der Waals surface area contributed by atoms with Crippen molar-refractivity contribution in [2.45, 2.75) is 26.9 Å². The van der Waals surface area contributed by atoms with Gasteiger partial charge in [0.15, 0.2) is 0 Å². The van der Waals surface area contributed by atoms with Crippen LogP contribution in [0.1, 0.15) is 32.4 Å². The molecule has 0 aromatic heterocycles. The number of amidine groups is 1. The normalized spacial score (nSPS) is 18.6. The van der Waals surface area contributed by atoms with Gasteiger partial charge < -0.3 is 10.1 Å². The van der Waals surface area contributed by atoms with Crippen LogP contribution in [0.25, 0.3) is 10.8 Å². The van der Waals surface area contributed by atoms with Crippen LogP contribution in [0.2, 0.25) is 0 Å². The summed E-state index contributed by atoms with van der Waals surface area (Å²) in [7, 11) is 0. The average molecular weight is 296 g/mol. The molecule has 1 N–H and O–H groups in total. The van der Waals surface area contributed by atoms with Gasteiger partial charge in [-0.2, -0.15) is 0 Å². The Balaban J connectivity index is 2.02. The minimum Gasteiger partial charge on any atom is -0.371 e. The highest BCUT2D eigenvalue weighted by molar-refractivity contribution is 5.94. The fraction of sp³-hybridized carbons (Fsp3) is 0.421. The number of rotatable bonds is 4. The molecule has 0 radical (unpaired) electrons. The molecule has 0 saturated heterocycles. The smallest absolute Gasteiger partial charge is 0.140 e. The van der Waals surface area contributed by atoms with Crippen molar-refractivity contribution in [3.8, 4) is 0 Å². The van der Waals surface area contributed by atoms with Crippen LogP contribution < -0.4 is 5.32 Å². The molecule has 0 aliphatic carbocycles. The summed E-state index contributed by atoms with van der Waals surface area (Å²) in [4.78, 5) is 4.76. The predicted molar refractivity (Wildman–Crippen MR) is 92.4 cm³/mol. The Morgan fingerprint density at radius 2 is 1.95 bits per heavy atom. The SMILES string of the molecule is CCO[C@@H](C1=NCC(C)(C)CN1)c1cccc2ccccc12. The zero-order chi connectivity index (χ0) is 15.6. The lowest BCUT2D eigenvalue weighted by molar-refractivity contribution is 0.106. The highest BCUT2D eigenvalue weighted by Crippen LogP contribution is 2.29. The van der Waals surface area contributed by atoms with Crippen LogP contribution in [-0.2, 0) is 4.74 Å². The van der Waals surface area contributed by atoms with E-state index in [1.165, 1.54) is 16.3 Å². The fourth-order valence-electron chi connectivity index (χ4n) is 2.88. The van der Waals surface area contributed by atoms with Crippen molar-refractivity contribution in [3.63, 3.8) is 0 Å². The summed E-state index contributed by atoms with van der Waals surface area (Å²) < 4.78 is 6.05. The predicted octanol–water partition coefficient (Wildman–Crippen LogP) is 3.95. The van der Waals surface area contributed by atoms with E-state index in [4.69, 9.17) is 9.73 Å². The van der Waals surface area contributed by atoms with Gasteiger partial charge in [0.1, 0.15) is 11.9 Å². The van der Waals surface area contributed by atoms with Crippen molar-refractivity contribution in [2.75, 3.05) is 19.7 Å². The van der Waals surface area contributed by atoms with E-state index < -0.39 is 0 Å². The minimum absolute atomic E-state index is 0.118. The number of hydrogen-bond donors (Lipinski definition) is 1. The van der Waals surface area contributed by atoms with Crippen LogP contribution in [-0.4, -0.2) is 25.5 Å². The number of ether oxygens (including phenoxy) is 1. The largest absolute Gasteiger partial charge is 0.371 e. The fourth-order valence-corrected chi connectivity index (χ4v) is 2.88. The lowest BCUT2D eigenvalue weighted by Crippen LogP contribution is -2.43. The first-order valence-electron chi connectivity index (χ1n) is 7.98. The molecule has 0 saturated carbocycles. The number of hydrogen-bond acceptors (Lipinski definition) is 3. The second kappa shape index (κ2) is 6.09. The zero-order valence-corrected chi connectivity index (χ0v) is 13.6. The van der Waals surface area contributed by atoms with Crippen molar-refractivity contribution in [1.29, 1.82) is 0 Å². The van der Waals surface area contributed by atoms with Crippen LogP contribution >= 0.6 is 0 Å². The number of aliphatic imine (C=N–C) groups is 1. The lowest BCUT2D eigenvalue weighted by Gasteiger charge is -2.32. The third kappa shape index (κ3) is 3.00. The van der Waals surface area contributed by atoms with Crippen LogP contribution in [0.5, 0.6) is 0 Å². The van der Waals surface area contributed by atoms with Gasteiger partial charge in [0.05, 0.1) is 0 Å². The van der Waals surface area contributed by atoms with Gasteiger partial charge in [0.2, 0.25) is 0 Å².